The second-order valence-electron chi connectivity index (χ2n) is 7.96. The number of aromatic carboxylic acids is 1. The number of ether oxygens (including phenoxy) is 1. The summed E-state index contributed by atoms with van der Waals surface area (Å²) in [6.45, 7) is -0.345. The van der Waals surface area contributed by atoms with Crippen LogP contribution >= 0.6 is 0 Å². The number of fused-ring (bicyclic) bond motifs is 1. The molecule has 8 nitrogen and oxygen atoms in total. The predicted octanol–water partition coefficient (Wildman–Crippen LogP) is 4.77. The van der Waals surface area contributed by atoms with Crippen molar-refractivity contribution in [3.63, 3.8) is 0 Å². The van der Waals surface area contributed by atoms with Gasteiger partial charge in [0.05, 0.1) is 18.2 Å². The third kappa shape index (κ3) is 4.07. The molecule has 2 aliphatic rings. The van der Waals surface area contributed by atoms with Crippen molar-refractivity contribution in [1.29, 1.82) is 0 Å². The number of nitrogens with zero attached hydrogens (tertiary/aromatic N) is 2. The van der Waals surface area contributed by atoms with Crippen LogP contribution in [0.15, 0.2) is 80.6 Å². The lowest BCUT2D eigenvalue weighted by Crippen LogP contribution is -2.34. The zero-order valence-corrected chi connectivity index (χ0v) is 17.7. The molecule has 0 spiro atoms. The van der Waals surface area contributed by atoms with Gasteiger partial charge in [-0.15, -0.1) is 0 Å². The van der Waals surface area contributed by atoms with E-state index in [2.05, 4.69) is 0 Å². The van der Waals surface area contributed by atoms with E-state index in [4.69, 9.17) is 18.7 Å². The molecule has 3 aromatic rings. The van der Waals surface area contributed by atoms with Crippen LogP contribution in [0.25, 0.3) is 6.08 Å². The van der Waals surface area contributed by atoms with E-state index in [0.29, 0.717) is 5.76 Å². The number of carboxylic acids is 1. The number of hydrogen-bond donors (Lipinski definition) is 1. The molecule has 1 aliphatic heterocycles. The first kappa shape index (κ1) is 20.8. The minimum Gasteiger partial charge on any atom is -0.483 e. The minimum absolute atomic E-state index is 0.00189. The summed E-state index contributed by atoms with van der Waals surface area (Å²) in [4.78, 5) is 24.7. The number of carbonyl (C=O) groups is 2. The van der Waals surface area contributed by atoms with Crippen molar-refractivity contribution in [3.8, 4) is 5.75 Å². The van der Waals surface area contributed by atoms with Crippen LogP contribution in [0, 0.1) is 5.92 Å². The molecule has 1 aliphatic carbocycles. The topological polar surface area (TPSA) is 105 Å². The first-order chi connectivity index (χ1) is 16.1. The smallest absolute Gasteiger partial charge is 0.339 e. The average Bonchev–Trinajstić information content (AvgIpc) is 3.58. The molecular formula is C25H22N2O6. The van der Waals surface area contributed by atoms with Gasteiger partial charge >= 0.3 is 5.97 Å². The fourth-order valence-corrected chi connectivity index (χ4v) is 4.47. The lowest BCUT2D eigenvalue weighted by molar-refractivity contribution is -0.136. The third-order valence-corrected chi connectivity index (χ3v) is 5.92. The normalized spacial score (nSPS) is 21.0. The summed E-state index contributed by atoms with van der Waals surface area (Å²) in [7, 11) is 0. The monoisotopic (exact) mass is 446 g/mol. The van der Waals surface area contributed by atoms with Gasteiger partial charge in [0.25, 0.3) is 5.91 Å². The Bertz CT molecular complexity index is 1210. The predicted molar refractivity (Wildman–Crippen MR) is 119 cm³/mol. The number of furan rings is 2. The quantitative estimate of drug-likeness (QED) is 0.585. The van der Waals surface area contributed by atoms with Crippen LogP contribution in [-0.4, -0.2) is 34.3 Å². The molecule has 0 bridgehead atoms. The molecule has 2 unspecified atom stereocenters. The zero-order valence-electron chi connectivity index (χ0n) is 17.7. The molecule has 2 atom stereocenters. The zero-order chi connectivity index (χ0) is 22.8. The van der Waals surface area contributed by atoms with Crippen LogP contribution in [0.1, 0.15) is 47.2 Å². The lowest BCUT2D eigenvalue weighted by atomic mass is 9.79. The molecule has 2 aromatic heterocycles. The highest BCUT2D eigenvalue weighted by Crippen LogP contribution is 2.44. The fraction of sp³-hybridized carbons (Fsp3) is 0.240. The fourth-order valence-electron chi connectivity index (χ4n) is 4.47. The van der Waals surface area contributed by atoms with Crippen molar-refractivity contribution in [2.75, 3.05) is 6.61 Å². The second-order valence-corrected chi connectivity index (χ2v) is 7.96. The molecule has 0 saturated heterocycles. The van der Waals surface area contributed by atoms with Crippen LogP contribution in [0.2, 0.25) is 0 Å². The first-order valence-corrected chi connectivity index (χ1v) is 10.8. The lowest BCUT2D eigenvalue weighted by Gasteiger charge is -2.27. The standard InChI is InChI=1S/C25H22N2O6/c28-22(15-33-20-10-2-1-8-18(20)25(29)30)27-24(21-11-5-13-32-21)19-9-3-6-16(23(19)26-27)14-17-7-4-12-31-17/h1-2,4-5,7-8,10-14,19,24H,3,6,9,15H2,(H,29,30). The highest BCUT2D eigenvalue weighted by molar-refractivity contribution is 6.08. The molecule has 1 fully saturated rings. The summed E-state index contributed by atoms with van der Waals surface area (Å²) in [5.41, 5.74) is 1.88. The van der Waals surface area contributed by atoms with E-state index < -0.39 is 5.97 Å². The number of allylic oxidation sites excluding steroid dienone is 1. The van der Waals surface area contributed by atoms with Crippen molar-refractivity contribution < 1.29 is 28.3 Å². The number of hydrazone groups is 1. The number of carbonyl (C=O) groups excluding carboxylic acids is 1. The van der Waals surface area contributed by atoms with Gasteiger partial charge in [-0.3, -0.25) is 4.79 Å². The van der Waals surface area contributed by atoms with E-state index in [-0.39, 0.29) is 35.8 Å². The molecule has 1 N–H and O–H groups in total. The average molecular weight is 446 g/mol. The van der Waals surface area contributed by atoms with Crippen LogP contribution in [0.3, 0.4) is 0 Å². The van der Waals surface area contributed by atoms with E-state index in [9.17, 15) is 14.7 Å². The Labute approximate surface area is 189 Å². The molecule has 33 heavy (non-hydrogen) atoms. The first-order valence-electron chi connectivity index (χ1n) is 10.8. The summed E-state index contributed by atoms with van der Waals surface area (Å²) >= 11 is 0. The van der Waals surface area contributed by atoms with Crippen molar-refractivity contribution in [2.45, 2.75) is 25.3 Å². The summed E-state index contributed by atoms with van der Waals surface area (Å²) in [5.74, 6) is 0.0120. The van der Waals surface area contributed by atoms with Gasteiger partial charge in [0, 0.05) is 5.92 Å². The van der Waals surface area contributed by atoms with E-state index in [1.807, 2.05) is 24.3 Å². The number of benzene rings is 1. The SMILES string of the molecule is O=C(O)c1ccccc1OCC(=O)N1N=C2C(=Cc3ccco3)CCCC2C1c1ccco1. The number of hydrogen-bond acceptors (Lipinski definition) is 6. The number of carboxylic acid groups (broad SMARTS) is 1. The molecule has 5 rings (SSSR count). The van der Waals surface area contributed by atoms with Gasteiger partial charge in [0.1, 0.15) is 28.9 Å². The molecule has 3 heterocycles. The van der Waals surface area contributed by atoms with Crippen LogP contribution in [0.5, 0.6) is 5.75 Å². The molecule has 1 saturated carbocycles. The van der Waals surface area contributed by atoms with Crippen LogP contribution < -0.4 is 4.74 Å². The Hall–Kier alpha value is -4.07. The van der Waals surface area contributed by atoms with Crippen molar-refractivity contribution in [2.24, 2.45) is 11.0 Å². The molecular weight excluding hydrogens is 424 g/mol. The Morgan fingerprint density at radius 3 is 2.70 bits per heavy atom. The van der Waals surface area contributed by atoms with E-state index >= 15 is 0 Å². The van der Waals surface area contributed by atoms with Gasteiger partial charge in [0.2, 0.25) is 0 Å². The largest absolute Gasteiger partial charge is 0.483 e. The summed E-state index contributed by atoms with van der Waals surface area (Å²) in [5, 5.41) is 15.5. The Morgan fingerprint density at radius 1 is 1.12 bits per heavy atom. The van der Waals surface area contributed by atoms with Crippen molar-refractivity contribution >= 4 is 23.7 Å². The van der Waals surface area contributed by atoms with Gasteiger partial charge in [0.15, 0.2) is 6.61 Å². The van der Waals surface area contributed by atoms with E-state index in [1.54, 1.807) is 30.7 Å². The molecule has 8 heteroatoms. The summed E-state index contributed by atoms with van der Waals surface area (Å²) in [6, 6.07) is 13.2. The highest BCUT2D eigenvalue weighted by Gasteiger charge is 2.45. The molecule has 1 amide bonds. The Morgan fingerprint density at radius 2 is 1.94 bits per heavy atom. The number of amides is 1. The molecule has 168 valence electrons. The van der Waals surface area contributed by atoms with Gasteiger partial charge < -0.3 is 18.7 Å². The van der Waals surface area contributed by atoms with Crippen LogP contribution in [-0.2, 0) is 4.79 Å². The van der Waals surface area contributed by atoms with Crippen LogP contribution in [0.4, 0.5) is 0 Å². The van der Waals surface area contributed by atoms with Gasteiger partial charge in [-0.2, -0.15) is 5.10 Å². The third-order valence-electron chi connectivity index (χ3n) is 5.92. The van der Waals surface area contributed by atoms with Gasteiger partial charge in [-0.1, -0.05) is 12.1 Å². The van der Waals surface area contributed by atoms with Gasteiger partial charge in [-0.25, -0.2) is 9.80 Å². The number of rotatable bonds is 6. The maximum Gasteiger partial charge on any atom is 0.339 e. The molecule has 0 radical (unpaired) electrons. The second kappa shape index (κ2) is 8.82. The van der Waals surface area contributed by atoms with E-state index in [0.717, 1.165) is 36.3 Å². The number of para-hydroxylation sites is 1. The maximum absolute atomic E-state index is 13.2. The van der Waals surface area contributed by atoms with E-state index in [1.165, 1.54) is 17.1 Å². The Kier molecular flexibility index (Phi) is 5.56. The molecule has 1 aromatic carbocycles. The van der Waals surface area contributed by atoms with Gasteiger partial charge in [-0.05, 0) is 67.3 Å². The minimum atomic E-state index is -1.12. The summed E-state index contributed by atoms with van der Waals surface area (Å²) < 4.78 is 16.8. The highest BCUT2D eigenvalue weighted by atomic mass is 16.5. The van der Waals surface area contributed by atoms with Crippen molar-refractivity contribution in [3.05, 3.63) is 83.7 Å². The van der Waals surface area contributed by atoms with Crippen molar-refractivity contribution in [1.82, 2.24) is 5.01 Å². The summed E-state index contributed by atoms with van der Waals surface area (Å²) in [6.07, 6.45) is 7.84. The maximum atomic E-state index is 13.2. The Balaban J connectivity index is 1.43.